The number of carbonyl (C=O) groups excluding carboxylic acids is 2. The van der Waals surface area contributed by atoms with Crippen LogP contribution in [0, 0.1) is 0 Å². The van der Waals surface area contributed by atoms with Gasteiger partial charge in [0.15, 0.2) is 0 Å². The number of hydrogen-bond acceptors (Lipinski definition) is 6. The molecule has 0 aliphatic carbocycles. The van der Waals surface area contributed by atoms with Crippen LogP contribution in [0.3, 0.4) is 0 Å². The maximum Gasteiger partial charge on any atom is 0.317 e. The predicted octanol–water partition coefficient (Wildman–Crippen LogP) is -1.08. The first-order valence-electron chi connectivity index (χ1n) is 6.43. The Morgan fingerprint density at radius 2 is 1.62 bits per heavy atom. The topological polar surface area (TPSA) is 133 Å². The molecule has 0 heterocycles. The van der Waals surface area contributed by atoms with Crippen LogP contribution < -0.4 is 5.32 Å². The molecule has 9 heteroatoms. The van der Waals surface area contributed by atoms with Gasteiger partial charge in [0.05, 0.1) is 26.2 Å². The summed E-state index contributed by atoms with van der Waals surface area (Å²) in [5, 5.41) is 19.7. The van der Waals surface area contributed by atoms with E-state index in [-0.39, 0.29) is 25.5 Å². The van der Waals surface area contributed by atoms with Crippen molar-refractivity contribution < 1.29 is 34.1 Å². The van der Waals surface area contributed by atoms with Crippen molar-refractivity contribution in [2.45, 2.75) is 19.8 Å². The SMILES string of the molecule is CCOC(=O)CCCNC(=O)CN(CC(=O)O)CC(=O)O. The van der Waals surface area contributed by atoms with Gasteiger partial charge in [0.2, 0.25) is 5.91 Å². The third kappa shape index (κ3) is 11.4. The summed E-state index contributed by atoms with van der Waals surface area (Å²) >= 11 is 0. The van der Waals surface area contributed by atoms with Crippen LogP contribution in [0.4, 0.5) is 0 Å². The fraction of sp³-hybridized carbons (Fsp3) is 0.667. The summed E-state index contributed by atoms with van der Waals surface area (Å²) in [6.45, 7) is 0.804. The van der Waals surface area contributed by atoms with E-state index in [0.29, 0.717) is 13.0 Å². The molecule has 0 aromatic heterocycles. The lowest BCUT2D eigenvalue weighted by atomic mass is 10.3. The van der Waals surface area contributed by atoms with Crippen LogP contribution >= 0.6 is 0 Å². The van der Waals surface area contributed by atoms with Gasteiger partial charge in [0, 0.05) is 13.0 Å². The zero-order chi connectivity index (χ0) is 16.3. The second-order valence-electron chi connectivity index (χ2n) is 4.19. The quantitative estimate of drug-likeness (QED) is 0.324. The number of carboxylic acids is 2. The average molecular weight is 304 g/mol. The summed E-state index contributed by atoms with van der Waals surface area (Å²) in [4.78, 5) is 44.7. The standard InChI is InChI=1S/C12H20N2O7/c1-2-21-12(20)4-3-5-13-9(15)6-14(7-10(16)17)8-11(18)19/h2-8H2,1H3,(H,13,15)(H,16,17)(H,18,19). The van der Waals surface area contributed by atoms with Gasteiger partial charge in [-0.15, -0.1) is 0 Å². The first kappa shape index (κ1) is 18.8. The summed E-state index contributed by atoms with van der Waals surface area (Å²) in [5.74, 6) is -3.29. The number of hydrogen-bond donors (Lipinski definition) is 3. The predicted molar refractivity (Wildman–Crippen MR) is 70.6 cm³/mol. The van der Waals surface area contributed by atoms with Crippen LogP contribution in [-0.2, 0) is 23.9 Å². The molecular weight excluding hydrogens is 284 g/mol. The van der Waals surface area contributed by atoms with Crippen molar-refractivity contribution in [2.24, 2.45) is 0 Å². The maximum atomic E-state index is 11.5. The van der Waals surface area contributed by atoms with Crippen molar-refractivity contribution in [3.8, 4) is 0 Å². The Bertz CT molecular complexity index is 368. The van der Waals surface area contributed by atoms with E-state index in [1.807, 2.05) is 0 Å². The number of nitrogens with zero attached hydrogens (tertiary/aromatic N) is 1. The molecule has 0 aromatic rings. The highest BCUT2D eigenvalue weighted by molar-refractivity contribution is 5.80. The van der Waals surface area contributed by atoms with Gasteiger partial charge in [-0.1, -0.05) is 0 Å². The fourth-order valence-corrected chi connectivity index (χ4v) is 1.50. The van der Waals surface area contributed by atoms with Gasteiger partial charge in [-0.3, -0.25) is 24.1 Å². The largest absolute Gasteiger partial charge is 0.480 e. The minimum Gasteiger partial charge on any atom is -0.480 e. The van der Waals surface area contributed by atoms with Gasteiger partial charge in [0.25, 0.3) is 0 Å². The van der Waals surface area contributed by atoms with Gasteiger partial charge < -0.3 is 20.3 Å². The average Bonchev–Trinajstić information content (AvgIpc) is 2.33. The zero-order valence-corrected chi connectivity index (χ0v) is 11.8. The molecule has 0 spiro atoms. The molecule has 0 aliphatic heterocycles. The first-order chi connectivity index (χ1) is 9.85. The summed E-state index contributed by atoms with van der Waals surface area (Å²) in [6, 6.07) is 0. The third-order valence-electron chi connectivity index (χ3n) is 2.27. The zero-order valence-electron chi connectivity index (χ0n) is 11.8. The summed E-state index contributed by atoms with van der Waals surface area (Å²) in [6.07, 6.45) is 0.560. The first-order valence-corrected chi connectivity index (χ1v) is 6.43. The Hall–Kier alpha value is -2.16. The molecule has 0 aliphatic rings. The van der Waals surface area contributed by atoms with Crippen molar-refractivity contribution >= 4 is 23.8 Å². The molecule has 3 N–H and O–H groups in total. The molecule has 0 saturated heterocycles. The molecule has 120 valence electrons. The van der Waals surface area contributed by atoms with E-state index in [1.54, 1.807) is 6.92 Å². The summed E-state index contributed by atoms with van der Waals surface area (Å²) in [7, 11) is 0. The van der Waals surface area contributed by atoms with E-state index in [0.717, 1.165) is 4.90 Å². The van der Waals surface area contributed by atoms with Gasteiger partial charge >= 0.3 is 17.9 Å². The van der Waals surface area contributed by atoms with Crippen LogP contribution in [0.2, 0.25) is 0 Å². The number of carboxylic acid groups (broad SMARTS) is 2. The van der Waals surface area contributed by atoms with E-state index >= 15 is 0 Å². The molecular formula is C12H20N2O7. The van der Waals surface area contributed by atoms with E-state index in [1.165, 1.54) is 0 Å². The van der Waals surface area contributed by atoms with Crippen LogP contribution in [0.25, 0.3) is 0 Å². The molecule has 0 unspecified atom stereocenters. The number of nitrogens with one attached hydrogen (secondary N) is 1. The van der Waals surface area contributed by atoms with Gasteiger partial charge in [0.1, 0.15) is 0 Å². The monoisotopic (exact) mass is 304 g/mol. The smallest absolute Gasteiger partial charge is 0.317 e. The lowest BCUT2D eigenvalue weighted by molar-refractivity contribution is -0.144. The minimum atomic E-state index is -1.22. The molecule has 21 heavy (non-hydrogen) atoms. The minimum absolute atomic E-state index is 0.169. The Balaban J connectivity index is 3.99. The van der Waals surface area contributed by atoms with E-state index in [4.69, 9.17) is 14.9 Å². The Kier molecular flexibility index (Phi) is 9.52. The highest BCUT2D eigenvalue weighted by Crippen LogP contribution is 1.92. The van der Waals surface area contributed by atoms with E-state index < -0.39 is 30.9 Å². The van der Waals surface area contributed by atoms with Crippen molar-refractivity contribution in [1.82, 2.24) is 10.2 Å². The molecule has 1 amide bonds. The highest BCUT2D eigenvalue weighted by Gasteiger charge is 2.16. The number of carbonyl (C=O) groups is 4. The Morgan fingerprint density at radius 3 is 2.10 bits per heavy atom. The molecule has 0 fully saturated rings. The van der Waals surface area contributed by atoms with E-state index in [2.05, 4.69) is 5.32 Å². The van der Waals surface area contributed by atoms with Crippen LogP contribution in [0.15, 0.2) is 0 Å². The number of amides is 1. The van der Waals surface area contributed by atoms with Gasteiger partial charge in [-0.2, -0.15) is 0 Å². The lowest BCUT2D eigenvalue weighted by Crippen LogP contribution is -2.42. The van der Waals surface area contributed by atoms with Crippen molar-refractivity contribution in [1.29, 1.82) is 0 Å². The molecule has 0 saturated carbocycles. The van der Waals surface area contributed by atoms with Crippen LogP contribution in [0.5, 0.6) is 0 Å². The van der Waals surface area contributed by atoms with Crippen LogP contribution in [0.1, 0.15) is 19.8 Å². The van der Waals surface area contributed by atoms with Crippen molar-refractivity contribution in [3.63, 3.8) is 0 Å². The number of ether oxygens (including phenoxy) is 1. The molecule has 0 atom stereocenters. The van der Waals surface area contributed by atoms with Gasteiger partial charge in [-0.25, -0.2) is 0 Å². The Labute approximate surface area is 121 Å². The van der Waals surface area contributed by atoms with Crippen LogP contribution in [-0.4, -0.2) is 71.7 Å². The Morgan fingerprint density at radius 1 is 1.05 bits per heavy atom. The summed E-state index contributed by atoms with van der Waals surface area (Å²) in [5.41, 5.74) is 0. The number of esters is 1. The van der Waals surface area contributed by atoms with E-state index in [9.17, 15) is 19.2 Å². The normalized spacial score (nSPS) is 10.2. The summed E-state index contributed by atoms with van der Waals surface area (Å²) < 4.78 is 4.71. The molecule has 0 bridgehead atoms. The molecule has 0 rings (SSSR count). The van der Waals surface area contributed by atoms with Crippen molar-refractivity contribution in [2.75, 3.05) is 32.8 Å². The lowest BCUT2D eigenvalue weighted by Gasteiger charge is -2.17. The molecule has 0 aromatic carbocycles. The second-order valence-corrected chi connectivity index (χ2v) is 4.19. The van der Waals surface area contributed by atoms with Gasteiger partial charge in [-0.05, 0) is 13.3 Å². The second kappa shape index (κ2) is 10.6. The third-order valence-corrected chi connectivity index (χ3v) is 2.27. The number of rotatable bonds is 11. The fourth-order valence-electron chi connectivity index (χ4n) is 1.50. The highest BCUT2D eigenvalue weighted by atomic mass is 16.5. The molecule has 0 radical (unpaired) electrons. The number of aliphatic carboxylic acids is 2. The molecule has 9 nitrogen and oxygen atoms in total. The van der Waals surface area contributed by atoms with Crippen molar-refractivity contribution in [3.05, 3.63) is 0 Å². The maximum absolute atomic E-state index is 11.5.